The fourth-order valence-corrected chi connectivity index (χ4v) is 4.93. The van der Waals surface area contributed by atoms with Crippen molar-refractivity contribution < 1.29 is 13.2 Å². The summed E-state index contributed by atoms with van der Waals surface area (Å²) in [7, 11) is -3.69. The second kappa shape index (κ2) is 7.67. The smallest absolute Gasteiger partial charge is 0.254 e. The Hall–Kier alpha value is -2.19. The van der Waals surface area contributed by atoms with Crippen LogP contribution < -0.4 is 4.72 Å². The highest BCUT2D eigenvalue weighted by molar-refractivity contribution is 7.89. The summed E-state index contributed by atoms with van der Waals surface area (Å²) in [6, 6.07) is 5.08. The molecule has 0 saturated carbocycles. The first kappa shape index (κ1) is 20.5. The molecule has 0 atom stereocenters. The summed E-state index contributed by atoms with van der Waals surface area (Å²) < 4.78 is 30.0. The third kappa shape index (κ3) is 4.62. The Labute approximate surface area is 166 Å². The Morgan fingerprint density at radius 3 is 2.46 bits per heavy atom. The molecule has 1 N–H and O–H groups in total. The van der Waals surface area contributed by atoms with Gasteiger partial charge in [-0.3, -0.25) is 4.79 Å². The zero-order valence-electron chi connectivity index (χ0n) is 16.8. The zero-order chi connectivity index (χ0) is 20.5. The normalized spacial score (nSPS) is 16.4. The predicted molar refractivity (Wildman–Crippen MR) is 108 cm³/mol. The van der Waals surface area contributed by atoms with E-state index < -0.39 is 15.6 Å². The number of carbonyl (C=O) groups excluding carboxylic acids is 1. The maximum Gasteiger partial charge on any atom is 0.254 e. The third-order valence-electron chi connectivity index (χ3n) is 4.89. The van der Waals surface area contributed by atoms with E-state index in [4.69, 9.17) is 0 Å². The van der Waals surface area contributed by atoms with Crippen molar-refractivity contribution >= 4 is 15.9 Å². The van der Waals surface area contributed by atoms with Crippen LogP contribution in [0.5, 0.6) is 0 Å². The van der Waals surface area contributed by atoms with Gasteiger partial charge in [-0.15, -0.1) is 0 Å². The number of piperidine rings is 1. The molecule has 0 spiro atoms. The Morgan fingerprint density at radius 2 is 1.89 bits per heavy atom. The molecule has 1 amide bonds. The van der Waals surface area contributed by atoms with Gasteiger partial charge in [0.2, 0.25) is 10.0 Å². The first-order chi connectivity index (χ1) is 13.1. The van der Waals surface area contributed by atoms with Crippen molar-refractivity contribution in [2.24, 2.45) is 0 Å². The molecule has 8 heteroatoms. The van der Waals surface area contributed by atoms with E-state index in [1.54, 1.807) is 39.1 Å². The summed E-state index contributed by atoms with van der Waals surface area (Å²) in [4.78, 5) is 19.1. The van der Waals surface area contributed by atoms with Crippen LogP contribution in [0.4, 0.5) is 0 Å². The summed E-state index contributed by atoms with van der Waals surface area (Å²) in [5.41, 5.74) is 0.623. The van der Waals surface area contributed by atoms with Gasteiger partial charge in [0.15, 0.2) is 0 Å². The molecule has 152 valence electrons. The monoisotopic (exact) mass is 404 g/mol. The fraction of sp³-hybridized carbons (Fsp3) is 0.500. The van der Waals surface area contributed by atoms with Crippen molar-refractivity contribution in [1.82, 2.24) is 19.2 Å². The van der Waals surface area contributed by atoms with Gasteiger partial charge in [-0.05, 0) is 58.2 Å². The number of hydrogen-bond donors (Lipinski definition) is 1. The van der Waals surface area contributed by atoms with Crippen LogP contribution in [0.3, 0.4) is 0 Å². The largest absolute Gasteiger partial charge is 0.338 e. The molecule has 28 heavy (non-hydrogen) atoms. The van der Waals surface area contributed by atoms with Gasteiger partial charge in [-0.2, -0.15) is 0 Å². The first-order valence-corrected chi connectivity index (χ1v) is 11.0. The van der Waals surface area contributed by atoms with Crippen LogP contribution in [-0.2, 0) is 10.0 Å². The highest BCUT2D eigenvalue weighted by atomic mass is 32.2. The molecule has 1 aliphatic rings. The lowest BCUT2D eigenvalue weighted by atomic mass is 10.0. The number of aryl methyl sites for hydroxylation is 1. The molecule has 7 nitrogen and oxygen atoms in total. The number of amides is 1. The lowest BCUT2D eigenvalue weighted by Gasteiger charge is -2.33. The molecule has 0 aliphatic carbocycles. The maximum atomic E-state index is 13.1. The summed E-state index contributed by atoms with van der Waals surface area (Å²) in [5.74, 6) is -0.116. The summed E-state index contributed by atoms with van der Waals surface area (Å²) in [6.45, 7) is 8.47. The number of nitrogens with one attached hydrogen (secondary N) is 1. The van der Waals surface area contributed by atoms with E-state index in [-0.39, 0.29) is 10.8 Å². The molecule has 1 saturated heterocycles. The third-order valence-corrected chi connectivity index (χ3v) is 6.64. The second-order valence-electron chi connectivity index (χ2n) is 8.37. The summed E-state index contributed by atoms with van der Waals surface area (Å²) in [6.07, 6.45) is 7.22. The standard InChI is InChI=1S/C20H28N4O3S/c1-15-5-6-17(28(26,27)22-20(2,3)4)13-18(15)19(25)23-10-7-16(8-11-23)24-12-9-21-14-24/h5-6,9,12-14,16,22H,7-8,10-11H2,1-4H3. The molecule has 0 bridgehead atoms. The van der Waals surface area contributed by atoms with Gasteiger partial charge < -0.3 is 9.47 Å². The molecular formula is C20H28N4O3S. The predicted octanol–water partition coefficient (Wildman–Crippen LogP) is 2.75. The van der Waals surface area contributed by atoms with Crippen LogP contribution >= 0.6 is 0 Å². The van der Waals surface area contributed by atoms with Crippen molar-refractivity contribution in [2.75, 3.05) is 13.1 Å². The number of nitrogens with zero attached hydrogens (tertiary/aromatic N) is 3. The Balaban J connectivity index is 1.77. The van der Waals surface area contributed by atoms with E-state index >= 15 is 0 Å². The SMILES string of the molecule is Cc1ccc(S(=O)(=O)NC(C)(C)C)cc1C(=O)N1CCC(n2ccnc2)CC1. The van der Waals surface area contributed by atoms with Gasteiger partial charge in [-0.1, -0.05) is 6.07 Å². The number of hydrogen-bond acceptors (Lipinski definition) is 4. The van der Waals surface area contributed by atoms with Crippen LogP contribution in [0.1, 0.15) is 55.6 Å². The van der Waals surface area contributed by atoms with Gasteiger partial charge in [-0.25, -0.2) is 18.1 Å². The minimum Gasteiger partial charge on any atom is -0.338 e. The van der Waals surface area contributed by atoms with E-state index in [1.807, 2.05) is 24.3 Å². The second-order valence-corrected chi connectivity index (χ2v) is 10.0. The van der Waals surface area contributed by atoms with Gasteiger partial charge in [0.1, 0.15) is 0 Å². The van der Waals surface area contributed by atoms with Gasteiger partial charge >= 0.3 is 0 Å². The van der Waals surface area contributed by atoms with Crippen LogP contribution in [-0.4, -0.2) is 47.4 Å². The number of sulfonamides is 1. The van der Waals surface area contributed by atoms with E-state index in [9.17, 15) is 13.2 Å². The highest BCUT2D eigenvalue weighted by Gasteiger charge is 2.27. The molecule has 1 aromatic carbocycles. The van der Waals surface area contributed by atoms with Crippen molar-refractivity contribution in [3.05, 3.63) is 48.0 Å². The van der Waals surface area contributed by atoms with Crippen LogP contribution in [0, 0.1) is 6.92 Å². The number of aromatic nitrogens is 2. The quantitative estimate of drug-likeness (QED) is 0.849. The van der Waals surface area contributed by atoms with Crippen molar-refractivity contribution in [2.45, 2.75) is 57.0 Å². The average molecular weight is 405 g/mol. The molecular weight excluding hydrogens is 376 g/mol. The average Bonchev–Trinajstić information content (AvgIpc) is 3.14. The molecule has 0 unspecified atom stereocenters. The number of likely N-dealkylation sites (tertiary alicyclic amines) is 1. The summed E-state index contributed by atoms with van der Waals surface area (Å²) in [5, 5.41) is 0. The van der Waals surface area contributed by atoms with E-state index in [1.165, 1.54) is 6.07 Å². The Morgan fingerprint density at radius 1 is 1.21 bits per heavy atom. The van der Waals surface area contributed by atoms with Crippen LogP contribution in [0.25, 0.3) is 0 Å². The van der Waals surface area contributed by atoms with Crippen LogP contribution in [0.2, 0.25) is 0 Å². The fourth-order valence-electron chi connectivity index (χ4n) is 3.48. The number of imidazole rings is 1. The molecule has 3 rings (SSSR count). The Kier molecular flexibility index (Phi) is 5.63. The molecule has 1 aliphatic heterocycles. The van der Waals surface area contributed by atoms with Crippen LogP contribution in [0.15, 0.2) is 41.8 Å². The lowest BCUT2D eigenvalue weighted by molar-refractivity contribution is 0.0693. The molecule has 2 heterocycles. The number of benzene rings is 1. The Bertz CT molecular complexity index is 938. The highest BCUT2D eigenvalue weighted by Crippen LogP contribution is 2.25. The molecule has 0 radical (unpaired) electrons. The molecule has 1 aromatic heterocycles. The van der Waals surface area contributed by atoms with Crippen molar-refractivity contribution in [3.63, 3.8) is 0 Å². The molecule has 2 aromatic rings. The minimum atomic E-state index is -3.69. The zero-order valence-corrected chi connectivity index (χ0v) is 17.7. The van der Waals surface area contributed by atoms with Gasteiger partial charge in [0.05, 0.1) is 11.2 Å². The van der Waals surface area contributed by atoms with E-state index in [2.05, 4.69) is 14.3 Å². The van der Waals surface area contributed by atoms with Crippen molar-refractivity contribution in [3.8, 4) is 0 Å². The van der Waals surface area contributed by atoms with Crippen molar-refractivity contribution in [1.29, 1.82) is 0 Å². The van der Waals surface area contributed by atoms with Gasteiger partial charge in [0.25, 0.3) is 5.91 Å². The topological polar surface area (TPSA) is 84.3 Å². The summed E-state index contributed by atoms with van der Waals surface area (Å²) >= 11 is 0. The van der Waals surface area contributed by atoms with Gasteiger partial charge in [0, 0.05) is 42.6 Å². The molecule has 1 fully saturated rings. The first-order valence-electron chi connectivity index (χ1n) is 9.48. The minimum absolute atomic E-state index is 0.115. The number of rotatable bonds is 4. The van der Waals surface area contributed by atoms with E-state index in [0.29, 0.717) is 24.7 Å². The lowest BCUT2D eigenvalue weighted by Crippen LogP contribution is -2.41. The number of carbonyl (C=O) groups is 1. The van der Waals surface area contributed by atoms with E-state index in [0.717, 1.165) is 18.4 Å². The maximum absolute atomic E-state index is 13.1.